The van der Waals surface area contributed by atoms with Crippen LogP contribution in [0, 0.1) is 5.92 Å². The molecule has 1 aromatic heterocycles. The largest absolute Gasteiger partial charge is 0.396 e. The van der Waals surface area contributed by atoms with E-state index in [0.29, 0.717) is 16.7 Å². The van der Waals surface area contributed by atoms with Gasteiger partial charge in [-0.05, 0) is 24.0 Å². The van der Waals surface area contributed by atoms with Crippen LogP contribution in [0.3, 0.4) is 0 Å². The smallest absolute Gasteiger partial charge is 0.155 e. The van der Waals surface area contributed by atoms with E-state index < -0.39 is 0 Å². The molecule has 0 radical (unpaired) electrons. The van der Waals surface area contributed by atoms with E-state index in [9.17, 15) is 0 Å². The summed E-state index contributed by atoms with van der Waals surface area (Å²) < 4.78 is 0. The zero-order valence-electron chi connectivity index (χ0n) is 7.17. The normalized spacial score (nSPS) is 12.9. The molecule has 0 saturated heterocycles. The Labute approximate surface area is 86.7 Å². The van der Waals surface area contributed by atoms with Gasteiger partial charge in [-0.1, -0.05) is 30.1 Å². The van der Waals surface area contributed by atoms with Crippen LogP contribution in [-0.2, 0) is 6.42 Å². The predicted octanol–water partition coefficient (Wildman–Crippen LogP) is 1.95. The molecule has 1 rings (SSSR count). The fraction of sp³-hybridized carbons (Fsp3) is 0.500. The lowest BCUT2D eigenvalue weighted by atomic mass is 10.0. The molecule has 0 aliphatic heterocycles. The van der Waals surface area contributed by atoms with Gasteiger partial charge >= 0.3 is 0 Å². The van der Waals surface area contributed by atoms with E-state index in [4.69, 9.17) is 28.3 Å². The third-order valence-corrected chi connectivity index (χ3v) is 2.17. The fourth-order valence-corrected chi connectivity index (χ4v) is 1.31. The number of rotatable bonds is 3. The van der Waals surface area contributed by atoms with Crippen LogP contribution in [0.1, 0.15) is 12.5 Å². The minimum absolute atomic E-state index is 0.121. The average Bonchev–Trinajstić information content (AvgIpc) is 2.11. The van der Waals surface area contributed by atoms with Crippen LogP contribution in [0.5, 0.6) is 0 Å². The SMILES string of the molecule is C[C@H](CO)Cc1cc(Cl)nnc1Cl. The van der Waals surface area contributed by atoms with E-state index >= 15 is 0 Å². The Balaban J connectivity index is 2.81. The molecule has 0 bridgehead atoms. The topological polar surface area (TPSA) is 46.0 Å². The lowest BCUT2D eigenvalue weighted by Gasteiger charge is -2.07. The maximum Gasteiger partial charge on any atom is 0.155 e. The number of hydrogen-bond donors (Lipinski definition) is 1. The molecule has 1 N–H and O–H groups in total. The van der Waals surface area contributed by atoms with Crippen molar-refractivity contribution in [1.29, 1.82) is 0 Å². The number of aliphatic hydroxyl groups excluding tert-OH is 1. The molecule has 0 unspecified atom stereocenters. The Hall–Kier alpha value is -0.380. The molecular formula is C8H10Cl2N2O. The third kappa shape index (κ3) is 3.10. The molecule has 0 aliphatic carbocycles. The highest BCUT2D eigenvalue weighted by molar-refractivity contribution is 6.31. The monoisotopic (exact) mass is 220 g/mol. The maximum absolute atomic E-state index is 8.84. The molecule has 3 nitrogen and oxygen atoms in total. The van der Waals surface area contributed by atoms with E-state index in [0.717, 1.165) is 5.56 Å². The van der Waals surface area contributed by atoms with Gasteiger partial charge in [0.25, 0.3) is 0 Å². The number of halogens is 2. The summed E-state index contributed by atoms with van der Waals surface area (Å²) in [5.74, 6) is 0.151. The Kier molecular flexibility index (Phi) is 3.90. The first-order valence-corrected chi connectivity index (χ1v) is 4.67. The van der Waals surface area contributed by atoms with Crippen molar-refractivity contribution in [3.63, 3.8) is 0 Å². The summed E-state index contributed by atoms with van der Waals surface area (Å²) >= 11 is 11.4. The van der Waals surface area contributed by atoms with Crippen molar-refractivity contribution in [3.05, 3.63) is 21.9 Å². The van der Waals surface area contributed by atoms with Crippen LogP contribution in [0.4, 0.5) is 0 Å². The maximum atomic E-state index is 8.84. The van der Waals surface area contributed by atoms with Crippen molar-refractivity contribution in [2.24, 2.45) is 5.92 Å². The average molecular weight is 221 g/mol. The zero-order chi connectivity index (χ0) is 9.84. The molecule has 1 heterocycles. The highest BCUT2D eigenvalue weighted by Crippen LogP contribution is 2.18. The second kappa shape index (κ2) is 4.74. The minimum atomic E-state index is 0.121. The number of nitrogens with zero attached hydrogens (tertiary/aromatic N) is 2. The fourth-order valence-electron chi connectivity index (χ4n) is 0.971. The molecule has 0 amide bonds. The molecule has 0 aliphatic rings. The lowest BCUT2D eigenvalue weighted by Crippen LogP contribution is -2.06. The summed E-state index contributed by atoms with van der Waals surface area (Å²) in [5.41, 5.74) is 0.822. The van der Waals surface area contributed by atoms with Crippen molar-refractivity contribution in [3.8, 4) is 0 Å². The molecule has 0 saturated carbocycles. The predicted molar refractivity (Wildman–Crippen MR) is 52.0 cm³/mol. The van der Waals surface area contributed by atoms with Crippen molar-refractivity contribution < 1.29 is 5.11 Å². The molecule has 1 aromatic rings. The Morgan fingerprint density at radius 3 is 2.77 bits per heavy atom. The Morgan fingerprint density at radius 1 is 1.46 bits per heavy atom. The van der Waals surface area contributed by atoms with Crippen LogP contribution in [0.2, 0.25) is 10.3 Å². The van der Waals surface area contributed by atoms with Crippen molar-refractivity contribution in [2.75, 3.05) is 6.61 Å². The summed E-state index contributed by atoms with van der Waals surface area (Å²) in [6, 6.07) is 1.67. The Bertz CT molecular complexity index is 293. The van der Waals surface area contributed by atoms with Gasteiger partial charge in [-0.3, -0.25) is 0 Å². The molecule has 0 aromatic carbocycles. The van der Waals surface area contributed by atoms with Gasteiger partial charge in [0.2, 0.25) is 0 Å². The zero-order valence-corrected chi connectivity index (χ0v) is 8.68. The van der Waals surface area contributed by atoms with Gasteiger partial charge in [0.05, 0.1) is 0 Å². The van der Waals surface area contributed by atoms with Crippen LogP contribution < -0.4 is 0 Å². The molecule has 13 heavy (non-hydrogen) atoms. The first kappa shape index (κ1) is 10.7. The van der Waals surface area contributed by atoms with Gasteiger partial charge in [0.1, 0.15) is 0 Å². The third-order valence-electron chi connectivity index (χ3n) is 1.67. The summed E-state index contributed by atoms with van der Waals surface area (Å²) in [5, 5.41) is 16.8. The van der Waals surface area contributed by atoms with E-state index in [1.807, 2.05) is 6.92 Å². The first-order chi connectivity index (χ1) is 6.13. The van der Waals surface area contributed by atoms with Crippen molar-refractivity contribution >= 4 is 23.2 Å². The van der Waals surface area contributed by atoms with Crippen LogP contribution in [0.15, 0.2) is 6.07 Å². The first-order valence-electron chi connectivity index (χ1n) is 3.92. The van der Waals surface area contributed by atoms with Gasteiger partial charge < -0.3 is 5.11 Å². The number of aliphatic hydroxyl groups is 1. The standard InChI is InChI=1S/C8H10Cl2N2O/c1-5(4-13)2-6-3-7(9)11-12-8(6)10/h3,5,13H,2,4H2,1H3/t5-/m0/s1. The van der Waals surface area contributed by atoms with Gasteiger partial charge in [0.15, 0.2) is 10.3 Å². The van der Waals surface area contributed by atoms with Gasteiger partial charge in [-0.2, -0.15) is 0 Å². The van der Waals surface area contributed by atoms with Crippen LogP contribution in [-0.4, -0.2) is 21.9 Å². The van der Waals surface area contributed by atoms with Crippen LogP contribution >= 0.6 is 23.2 Å². The lowest BCUT2D eigenvalue weighted by molar-refractivity contribution is 0.237. The highest BCUT2D eigenvalue weighted by atomic mass is 35.5. The number of aromatic nitrogens is 2. The second-order valence-electron chi connectivity index (χ2n) is 2.97. The summed E-state index contributed by atoms with van der Waals surface area (Å²) in [7, 11) is 0. The Morgan fingerprint density at radius 2 is 2.15 bits per heavy atom. The van der Waals surface area contributed by atoms with Crippen LogP contribution in [0.25, 0.3) is 0 Å². The van der Waals surface area contributed by atoms with E-state index in [1.54, 1.807) is 6.07 Å². The summed E-state index contributed by atoms with van der Waals surface area (Å²) in [6.45, 7) is 2.04. The molecule has 0 spiro atoms. The molecule has 5 heteroatoms. The van der Waals surface area contributed by atoms with Gasteiger partial charge in [-0.25, -0.2) is 0 Å². The minimum Gasteiger partial charge on any atom is -0.396 e. The summed E-state index contributed by atoms with van der Waals surface area (Å²) in [4.78, 5) is 0. The molecule has 72 valence electrons. The van der Waals surface area contributed by atoms with E-state index in [-0.39, 0.29) is 12.5 Å². The summed E-state index contributed by atoms with van der Waals surface area (Å²) in [6.07, 6.45) is 0.657. The molecule has 0 fully saturated rings. The number of hydrogen-bond acceptors (Lipinski definition) is 3. The highest BCUT2D eigenvalue weighted by Gasteiger charge is 2.08. The second-order valence-corrected chi connectivity index (χ2v) is 3.72. The van der Waals surface area contributed by atoms with Gasteiger partial charge in [-0.15, -0.1) is 10.2 Å². The van der Waals surface area contributed by atoms with Crippen molar-refractivity contribution in [2.45, 2.75) is 13.3 Å². The van der Waals surface area contributed by atoms with E-state index in [2.05, 4.69) is 10.2 Å². The van der Waals surface area contributed by atoms with Crippen molar-refractivity contribution in [1.82, 2.24) is 10.2 Å². The van der Waals surface area contributed by atoms with Gasteiger partial charge in [0, 0.05) is 6.61 Å². The van der Waals surface area contributed by atoms with E-state index in [1.165, 1.54) is 0 Å². The molecule has 1 atom stereocenters. The molecular weight excluding hydrogens is 211 g/mol. The quantitative estimate of drug-likeness (QED) is 0.848.